The van der Waals surface area contributed by atoms with Gasteiger partial charge in [0, 0.05) is 12.4 Å². The first kappa shape index (κ1) is 15.3. The van der Waals surface area contributed by atoms with Crippen LogP contribution in [0.15, 0.2) is 47.6 Å². The minimum atomic E-state index is -4.75. The number of aromatic nitrogens is 1. The van der Waals surface area contributed by atoms with Crippen LogP contribution in [-0.2, 0) is 16.2 Å². The monoisotopic (exact) mass is 316 g/mol. The lowest BCUT2D eigenvalue weighted by Crippen LogP contribution is -2.19. The molecule has 112 valence electrons. The molecule has 8 heteroatoms. The molecule has 2 rings (SSSR count). The third kappa shape index (κ3) is 3.33. The molecule has 0 aliphatic rings. The molecule has 0 saturated carbocycles. The lowest BCUT2D eigenvalue weighted by molar-refractivity contribution is -0.139. The van der Waals surface area contributed by atoms with Crippen molar-refractivity contribution in [3.8, 4) is 0 Å². The Hall–Kier alpha value is -2.09. The number of pyridine rings is 1. The van der Waals surface area contributed by atoms with E-state index in [9.17, 15) is 21.6 Å². The van der Waals surface area contributed by atoms with Crippen LogP contribution in [0.3, 0.4) is 0 Å². The lowest BCUT2D eigenvalue weighted by Gasteiger charge is -2.15. The van der Waals surface area contributed by atoms with Crippen LogP contribution in [0.2, 0.25) is 0 Å². The number of alkyl halides is 3. The van der Waals surface area contributed by atoms with Crippen LogP contribution >= 0.6 is 0 Å². The molecular weight excluding hydrogens is 305 g/mol. The molecular formula is C13H11F3N2O2S. The minimum absolute atomic E-state index is 0.182. The van der Waals surface area contributed by atoms with E-state index in [-0.39, 0.29) is 5.69 Å². The summed E-state index contributed by atoms with van der Waals surface area (Å²) in [7, 11) is -4.35. The van der Waals surface area contributed by atoms with Crippen molar-refractivity contribution in [2.24, 2.45) is 0 Å². The van der Waals surface area contributed by atoms with Crippen molar-refractivity contribution in [3.05, 3.63) is 53.9 Å². The third-order valence-corrected chi connectivity index (χ3v) is 4.17. The Balaban J connectivity index is 2.49. The average Bonchev–Trinajstić information content (AvgIpc) is 2.40. The van der Waals surface area contributed by atoms with E-state index in [4.69, 9.17) is 0 Å². The Morgan fingerprint density at radius 2 is 1.81 bits per heavy atom. The van der Waals surface area contributed by atoms with Gasteiger partial charge in [-0.05, 0) is 30.7 Å². The molecule has 0 atom stereocenters. The van der Waals surface area contributed by atoms with Crippen LogP contribution in [-0.4, -0.2) is 13.4 Å². The topological polar surface area (TPSA) is 59.1 Å². The fourth-order valence-corrected chi connectivity index (χ4v) is 3.08. The molecule has 0 saturated heterocycles. The first-order valence-electron chi connectivity index (χ1n) is 5.81. The molecule has 0 amide bonds. The molecule has 21 heavy (non-hydrogen) atoms. The number of aryl methyl sites for hydroxylation is 1. The zero-order chi connectivity index (χ0) is 15.7. The molecule has 1 aromatic carbocycles. The van der Waals surface area contributed by atoms with Crippen molar-refractivity contribution in [3.63, 3.8) is 0 Å². The number of hydrogen-bond donors (Lipinski definition) is 1. The number of halogens is 3. The van der Waals surface area contributed by atoms with Crippen molar-refractivity contribution in [1.29, 1.82) is 0 Å². The fourth-order valence-electron chi connectivity index (χ4n) is 1.72. The van der Waals surface area contributed by atoms with Gasteiger partial charge in [0.1, 0.15) is 0 Å². The summed E-state index contributed by atoms with van der Waals surface area (Å²) in [5.74, 6) is 0. The first-order chi connectivity index (χ1) is 9.72. The number of benzene rings is 1. The number of nitrogens with zero attached hydrogens (tertiary/aromatic N) is 1. The van der Waals surface area contributed by atoms with Crippen molar-refractivity contribution in [2.75, 3.05) is 4.72 Å². The molecule has 0 bridgehead atoms. The molecule has 1 aromatic heterocycles. The number of hydrogen-bond acceptors (Lipinski definition) is 3. The smallest absolute Gasteiger partial charge is 0.279 e. The second-order valence-electron chi connectivity index (χ2n) is 4.29. The Morgan fingerprint density at radius 3 is 2.43 bits per heavy atom. The molecule has 0 aliphatic carbocycles. The zero-order valence-corrected chi connectivity index (χ0v) is 11.7. The molecule has 1 heterocycles. The summed E-state index contributed by atoms with van der Waals surface area (Å²) < 4.78 is 65.2. The van der Waals surface area contributed by atoms with E-state index >= 15 is 0 Å². The van der Waals surface area contributed by atoms with Gasteiger partial charge in [-0.3, -0.25) is 9.71 Å². The van der Waals surface area contributed by atoms with Crippen molar-refractivity contribution in [1.82, 2.24) is 4.98 Å². The molecule has 0 spiro atoms. The average molecular weight is 316 g/mol. The van der Waals surface area contributed by atoms with Crippen LogP contribution in [0.1, 0.15) is 11.1 Å². The highest BCUT2D eigenvalue weighted by atomic mass is 32.2. The van der Waals surface area contributed by atoms with E-state index in [1.807, 2.05) is 0 Å². The maximum Gasteiger partial charge on any atom is 0.417 e. The minimum Gasteiger partial charge on any atom is -0.279 e. The predicted octanol–water partition coefficient (Wildman–Crippen LogP) is 3.21. The SMILES string of the molecule is Cc1cnccc1NS(=O)(=O)c1ccccc1C(F)(F)F. The van der Waals surface area contributed by atoms with E-state index < -0.39 is 26.7 Å². The van der Waals surface area contributed by atoms with Crippen LogP contribution in [0.5, 0.6) is 0 Å². The quantitative estimate of drug-likeness (QED) is 0.946. The first-order valence-corrected chi connectivity index (χ1v) is 7.30. The van der Waals surface area contributed by atoms with Gasteiger partial charge in [0.2, 0.25) is 0 Å². The van der Waals surface area contributed by atoms with Crippen LogP contribution < -0.4 is 4.72 Å². The maximum absolute atomic E-state index is 12.9. The number of sulfonamides is 1. The van der Waals surface area contributed by atoms with Gasteiger partial charge in [-0.2, -0.15) is 13.2 Å². The van der Waals surface area contributed by atoms with Crippen molar-refractivity contribution < 1.29 is 21.6 Å². The number of anilines is 1. The Morgan fingerprint density at radius 1 is 1.14 bits per heavy atom. The van der Waals surface area contributed by atoms with E-state index in [1.165, 1.54) is 24.5 Å². The van der Waals surface area contributed by atoms with E-state index in [1.54, 1.807) is 6.92 Å². The molecule has 1 N–H and O–H groups in total. The lowest BCUT2D eigenvalue weighted by atomic mass is 10.2. The summed E-state index contributed by atoms with van der Waals surface area (Å²) >= 11 is 0. The van der Waals surface area contributed by atoms with Gasteiger partial charge in [-0.1, -0.05) is 12.1 Å². The second kappa shape index (κ2) is 5.36. The summed E-state index contributed by atoms with van der Waals surface area (Å²) in [5.41, 5.74) is -0.517. The maximum atomic E-state index is 12.9. The molecule has 0 aliphatic heterocycles. The van der Waals surface area contributed by atoms with Gasteiger partial charge in [-0.25, -0.2) is 8.42 Å². The highest BCUT2D eigenvalue weighted by molar-refractivity contribution is 7.92. The second-order valence-corrected chi connectivity index (χ2v) is 5.94. The van der Waals surface area contributed by atoms with E-state index in [0.717, 1.165) is 18.2 Å². The largest absolute Gasteiger partial charge is 0.417 e. The molecule has 2 aromatic rings. The van der Waals surface area contributed by atoms with E-state index in [2.05, 4.69) is 9.71 Å². The van der Waals surface area contributed by atoms with Gasteiger partial charge < -0.3 is 0 Å². The highest BCUT2D eigenvalue weighted by Crippen LogP contribution is 2.34. The standard InChI is InChI=1S/C13H11F3N2O2S/c1-9-8-17-7-6-11(9)18-21(19,20)12-5-3-2-4-10(12)13(14,15)16/h2-8H,1H3,(H,17,18). The van der Waals surface area contributed by atoms with Crippen LogP contribution in [0, 0.1) is 6.92 Å². The third-order valence-electron chi connectivity index (χ3n) is 2.75. The predicted molar refractivity (Wildman–Crippen MR) is 71.2 cm³/mol. The summed E-state index contributed by atoms with van der Waals surface area (Å²) in [6.45, 7) is 1.60. The Kier molecular flexibility index (Phi) is 3.91. The molecule has 0 radical (unpaired) electrons. The number of nitrogens with one attached hydrogen (secondary N) is 1. The molecule has 0 fully saturated rings. The Labute approximate surface area is 119 Å². The molecule has 4 nitrogen and oxygen atoms in total. The summed E-state index contributed by atoms with van der Waals surface area (Å²) in [4.78, 5) is 2.98. The Bertz CT molecular complexity index is 758. The van der Waals surface area contributed by atoms with Crippen LogP contribution in [0.25, 0.3) is 0 Å². The summed E-state index contributed by atoms with van der Waals surface area (Å²) in [5, 5.41) is 0. The fraction of sp³-hybridized carbons (Fsp3) is 0.154. The summed E-state index contributed by atoms with van der Waals surface area (Å²) in [6.07, 6.45) is -1.99. The highest BCUT2D eigenvalue weighted by Gasteiger charge is 2.36. The van der Waals surface area contributed by atoms with E-state index in [0.29, 0.717) is 5.56 Å². The van der Waals surface area contributed by atoms with Crippen molar-refractivity contribution in [2.45, 2.75) is 18.0 Å². The number of rotatable bonds is 3. The normalized spacial score (nSPS) is 12.2. The van der Waals surface area contributed by atoms with Gasteiger partial charge >= 0.3 is 6.18 Å². The van der Waals surface area contributed by atoms with Gasteiger partial charge in [0.25, 0.3) is 10.0 Å². The summed E-state index contributed by atoms with van der Waals surface area (Å²) in [6, 6.07) is 5.40. The van der Waals surface area contributed by atoms with Crippen molar-refractivity contribution >= 4 is 15.7 Å². The van der Waals surface area contributed by atoms with Gasteiger partial charge in [0.15, 0.2) is 0 Å². The van der Waals surface area contributed by atoms with Gasteiger partial charge in [-0.15, -0.1) is 0 Å². The van der Waals surface area contributed by atoms with Gasteiger partial charge in [0.05, 0.1) is 16.1 Å². The zero-order valence-electron chi connectivity index (χ0n) is 10.8. The molecule has 0 unspecified atom stereocenters. The van der Waals surface area contributed by atoms with Crippen LogP contribution in [0.4, 0.5) is 18.9 Å².